The molecule has 2 fully saturated rings. The first-order valence-corrected chi connectivity index (χ1v) is 28.6. The molecule has 7 aromatic rings. The Bertz CT molecular complexity index is 3330. The number of fused-ring (bicyclic) bond motifs is 2. The number of aromatic nitrogens is 6. The van der Waals surface area contributed by atoms with Crippen LogP contribution < -0.4 is 26.0 Å². The van der Waals surface area contributed by atoms with Crippen molar-refractivity contribution in [3.05, 3.63) is 126 Å². The molecule has 22 nitrogen and oxygen atoms in total. The van der Waals surface area contributed by atoms with Crippen LogP contribution in [-0.2, 0) is 46.4 Å². The molecule has 2 atom stereocenters. The first kappa shape index (κ1) is 57.2. The number of rotatable bonds is 26. The predicted octanol–water partition coefficient (Wildman–Crippen LogP) is 6.03. The number of nitrogens with two attached hydrogens (primary N) is 1. The Balaban J connectivity index is 0.589. The van der Waals surface area contributed by atoms with E-state index in [1.54, 1.807) is 39.6 Å². The number of aryl methyl sites for hydroxylation is 1. The van der Waals surface area contributed by atoms with Crippen molar-refractivity contribution in [1.82, 2.24) is 49.3 Å². The van der Waals surface area contributed by atoms with Crippen LogP contribution in [0.2, 0.25) is 0 Å². The van der Waals surface area contributed by atoms with Gasteiger partial charge in [-0.05, 0) is 73.2 Å². The van der Waals surface area contributed by atoms with Gasteiger partial charge in [-0.3, -0.25) is 24.2 Å². The monoisotopic (exact) mass is 1140 g/mol. The van der Waals surface area contributed by atoms with Crippen LogP contribution >= 0.6 is 11.3 Å². The number of imidazole rings is 1. The van der Waals surface area contributed by atoms with E-state index in [0.717, 1.165) is 38.6 Å². The molecule has 3 aliphatic heterocycles. The van der Waals surface area contributed by atoms with Gasteiger partial charge in [0.2, 0.25) is 17.7 Å². The Kier molecular flexibility index (Phi) is 18.9. The number of hydrogen-bond acceptors (Lipinski definition) is 18. The number of carbonyl (C=O) groups is 4. The van der Waals surface area contributed by atoms with Crippen LogP contribution in [0.25, 0.3) is 27.5 Å². The van der Waals surface area contributed by atoms with Crippen LogP contribution in [-0.4, -0.2) is 172 Å². The fourth-order valence-electron chi connectivity index (χ4n) is 10.5. The van der Waals surface area contributed by atoms with Crippen molar-refractivity contribution in [3.8, 4) is 27.6 Å². The topological polar surface area (TPSA) is 246 Å². The van der Waals surface area contributed by atoms with Crippen LogP contribution in [0.1, 0.15) is 53.9 Å². The largest absolute Gasteiger partial charge is 0.491 e. The second-order valence-corrected chi connectivity index (χ2v) is 21.4. The van der Waals surface area contributed by atoms with Crippen LogP contribution in [0.5, 0.6) is 5.75 Å². The molecule has 23 heteroatoms. The first-order valence-electron chi connectivity index (χ1n) is 27.7. The molecule has 3 aromatic carbocycles. The van der Waals surface area contributed by atoms with Gasteiger partial charge in [-0.25, -0.2) is 19.9 Å². The number of piperazine rings is 1. The van der Waals surface area contributed by atoms with Gasteiger partial charge in [-0.15, -0.1) is 11.3 Å². The van der Waals surface area contributed by atoms with Gasteiger partial charge in [-0.1, -0.05) is 44.2 Å². The summed E-state index contributed by atoms with van der Waals surface area (Å²) in [5.74, 6) is 0.690. The van der Waals surface area contributed by atoms with E-state index in [0.29, 0.717) is 132 Å². The SMILES string of the molecule is Cc1ncsc1-c1ccc(CNC(=O)C2CCCN2C(=O)C(C(C)C)N2Cc3ccccc3C2=O)c(OCCOCCOCCOCCOCC(=O)N2CCN(c3ccc(Nc4nc(-c5cncc(N)n5)cn5ccnc45)cc3)CC2)c1. The Hall–Kier alpha value is -8.09. The molecular formula is C59H69N13O9S. The van der Waals surface area contributed by atoms with Crippen molar-refractivity contribution in [1.29, 1.82) is 0 Å². The van der Waals surface area contributed by atoms with E-state index >= 15 is 0 Å². The summed E-state index contributed by atoms with van der Waals surface area (Å²) >= 11 is 1.54. The van der Waals surface area contributed by atoms with Crippen LogP contribution in [0.3, 0.4) is 0 Å². The molecule has 4 amide bonds. The third-order valence-electron chi connectivity index (χ3n) is 14.7. The molecule has 430 valence electrons. The molecule has 2 unspecified atom stereocenters. The highest BCUT2D eigenvalue weighted by Gasteiger charge is 2.44. The predicted molar refractivity (Wildman–Crippen MR) is 310 cm³/mol. The zero-order valence-corrected chi connectivity index (χ0v) is 47.2. The van der Waals surface area contributed by atoms with Gasteiger partial charge in [0.05, 0.1) is 74.7 Å². The van der Waals surface area contributed by atoms with Crippen LogP contribution in [0.4, 0.5) is 23.0 Å². The van der Waals surface area contributed by atoms with Crippen molar-refractivity contribution < 1.29 is 42.9 Å². The lowest BCUT2D eigenvalue weighted by atomic mass is 10.0. The highest BCUT2D eigenvalue weighted by Crippen LogP contribution is 2.34. The maximum absolute atomic E-state index is 14.2. The molecule has 82 heavy (non-hydrogen) atoms. The van der Waals surface area contributed by atoms with Crippen LogP contribution in [0.15, 0.2) is 103 Å². The third-order valence-corrected chi connectivity index (χ3v) is 15.7. The number of nitrogens with one attached hydrogen (secondary N) is 2. The van der Waals surface area contributed by atoms with Gasteiger partial charge >= 0.3 is 0 Å². The zero-order chi connectivity index (χ0) is 57.0. The number of carbonyl (C=O) groups excluding carboxylic acids is 4. The summed E-state index contributed by atoms with van der Waals surface area (Å²) in [7, 11) is 0. The van der Waals surface area contributed by atoms with Crippen molar-refractivity contribution in [2.24, 2.45) is 5.92 Å². The number of thiazole rings is 1. The first-order chi connectivity index (χ1) is 40.0. The zero-order valence-electron chi connectivity index (χ0n) is 46.4. The van der Waals surface area contributed by atoms with Crippen molar-refractivity contribution >= 4 is 63.6 Å². The number of likely N-dealkylation sites (tertiary alicyclic amines) is 1. The number of ether oxygens (including phenoxy) is 5. The fourth-order valence-corrected chi connectivity index (χ4v) is 11.3. The number of amides is 4. The van der Waals surface area contributed by atoms with E-state index < -0.39 is 12.1 Å². The molecule has 0 aliphatic carbocycles. The van der Waals surface area contributed by atoms with E-state index in [4.69, 9.17) is 34.4 Å². The van der Waals surface area contributed by atoms with Gasteiger partial charge < -0.3 is 64.1 Å². The van der Waals surface area contributed by atoms with Gasteiger partial charge in [0.25, 0.3) is 5.91 Å². The lowest BCUT2D eigenvalue weighted by Gasteiger charge is -2.36. The number of hydrogen-bond donors (Lipinski definition) is 3. The normalized spacial score (nSPS) is 15.6. The molecule has 0 bridgehead atoms. The fraction of sp³-hybridized carbons (Fsp3) is 0.407. The molecule has 3 aliphatic rings. The lowest BCUT2D eigenvalue weighted by Crippen LogP contribution is -2.55. The Morgan fingerprint density at radius 3 is 2.29 bits per heavy atom. The van der Waals surface area contributed by atoms with Crippen molar-refractivity contribution in [3.63, 3.8) is 0 Å². The summed E-state index contributed by atoms with van der Waals surface area (Å²) in [6.45, 7) is 12.1. The third kappa shape index (κ3) is 13.8. The average Bonchev–Trinajstić information content (AvgIpc) is 4.53. The molecule has 7 heterocycles. The standard InChI is InChI=1S/C59H69N13O9S/c1-39(2)53(72-35-43-7-4-5-8-46(43)58(72)75)59(76)71-17-6-9-49(71)57(74)63-32-42-11-10-41(54-40(3)64-38-82-54)31-50(42)81-30-29-79-26-25-77-23-24-78-27-28-80-37-52(73)69-21-19-68(20-22-69)45-14-12-44(13-15-45)65-55-56-62-16-18-70(56)36-48(67-55)47-33-61-34-51(60)66-47/h4-5,7-8,10-16,18,31,33-34,36,38-39,49,53H,6,9,17,19-30,32,35,37H2,1-3H3,(H2,60,66)(H,63,74)(H,65,67). The summed E-state index contributed by atoms with van der Waals surface area (Å²) in [4.78, 5) is 85.1. The quantitative estimate of drug-likeness (QED) is 0.0524. The van der Waals surface area contributed by atoms with Crippen LogP contribution in [0, 0.1) is 12.8 Å². The Morgan fingerprint density at radius 2 is 1.57 bits per heavy atom. The molecule has 4 N–H and O–H groups in total. The molecular weight excluding hydrogens is 1070 g/mol. The maximum atomic E-state index is 14.2. The molecule has 0 radical (unpaired) electrons. The minimum Gasteiger partial charge on any atom is -0.491 e. The molecule has 0 saturated carbocycles. The molecule has 2 saturated heterocycles. The van der Waals surface area contributed by atoms with Gasteiger partial charge in [0.1, 0.15) is 48.3 Å². The summed E-state index contributed by atoms with van der Waals surface area (Å²) < 4.78 is 31.0. The lowest BCUT2D eigenvalue weighted by molar-refractivity contribution is -0.143. The van der Waals surface area contributed by atoms with E-state index in [1.165, 1.54) is 6.20 Å². The van der Waals surface area contributed by atoms with Crippen molar-refractivity contribution in [2.45, 2.75) is 58.8 Å². The van der Waals surface area contributed by atoms with Gasteiger partial charge in [-0.2, -0.15) is 0 Å². The van der Waals surface area contributed by atoms with E-state index in [2.05, 4.69) is 35.5 Å². The molecule has 4 aromatic heterocycles. The second kappa shape index (κ2) is 27.1. The minimum absolute atomic E-state index is 0.0113. The van der Waals surface area contributed by atoms with E-state index in [9.17, 15) is 19.2 Å². The molecule has 0 spiro atoms. The highest BCUT2D eigenvalue weighted by molar-refractivity contribution is 7.13. The summed E-state index contributed by atoms with van der Waals surface area (Å²) in [6, 6.07) is 20.1. The van der Waals surface area contributed by atoms with Gasteiger partial charge in [0.15, 0.2) is 11.5 Å². The average molecular weight is 1140 g/mol. The van der Waals surface area contributed by atoms with E-state index in [1.807, 2.05) is 109 Å². The summed E-state index contributed by atoms with van der Waals surface area (Å²) in [5.41, 5.74) is 15.6. The molecule has 10 rings (SSSR count). The van der Waals surface area contributed by atoms with Crippen molar-refractivity contribution in [2.75, 3.05) is 108 Å². The minimum atomic E-state index is -0.684. The van der Waals surface area contributed by atoms with E-state index in [-0.39, 0.29) is 55.9 Å². The Morgan fingerprint density at radius 1 is 0.829 bits per heavy atom. The summed E-state index contributed by atoms with van der Waals surface area (Å²) in [5, 5.41) is 6.47. The smallest absolute Gasteiger partial charge is 0.255 e. The summed E-state index contributed by atoms with van der Waals surface area (Å²) in [6.07, 6.45) is 9.73. The Labute approximate surface area is 479 Å². The number of nitrogens with zero attached hydrogens (tertiary/aromatic N) is 10. The number of anilines is 4. The maximum Gasteiger partial charge on any atom is 0.255 e. The number of nitrogen functional groups attached to an aromatic ring is 1. The highest BCUT2D eigenvalue weighted by atomic mass is 32.1. The number of benzene rings is 3. The van der Waals surface area contributed by atoms with Gasteiger partial charge in [0, 0.05) is 86.9 Å². The second-order valence-electron chi connectivity index (χ2n) is 20.5.